The van der Waals surface area contributed by atoms with E-state index in [-0.39, 0.29) is 0 Å². The van der Waals surface area contributed by atoms with Crippen LogP contribution in [0.1, 0.15) is 30.7 Å². The molecular formula is C50H35NO2. The number of fused-ring (bicyclic) bond motifs is 8. The van der Waals surface area contributed by atoms with Crippen molar-refractivity contribution in [1.29, 1.82) is 0 Å². The van der Waals surface area contributed by atoms with Crippen LogP contribution in [-0.4, -0.2) is 0 Å². The molecule has 0 saturated heterocycles. The Labute approximate surface area is 307 Å². The molecule has 0 spiro atoms. The van der Waals surface area contributed by atoms with Gasteiger partial charge in [-0.3, -0.25) is 0 Å². The van der Waals surface area contributed by atoms with Crippen LogP contribution in [-0.2, 0) is 0 Å². The van der Waals surface area contributed by atoms with Crippen LogP contribution in [0.3, 0.4) is 0 Å². The summed E-state index contributed by atoms with van der Waals surface area (Å²) in [4.78, 5) is 2.36. The quantitative estimate of drug-likeness (QED) is 0.181. The maximum Gasteiger partial charge on any atom is 0.136 e. The van der Waals surface area contributed by atoms with Crippen LogP contribution >= 0.6 is 0 Å². The molecule has 0 bridgehead atoms. The van der Waals surface area contributed by atoms with E-state index in [2.05, 4.69) is 151 Å². The Bertz CT molecular complexity index is 2970. The van der Waals surface area contributed by atoms with E-state index in [0.717, 1.165) is 74.8 Å². The first-order valence-electron chi connectivity index (χ1n) is 18.6. The molecular weight excluding hydrogens is 647 g/mol. The summed E-state index contributed by atoms with van der Waals surface area (Å²) >= 11 is 0. The molecule has 0 fully saturated rings. The monoisotopic (exact) mass is 681 g/mol. The number of hydrogen-bond acceptors (Lipinski definition) is 3. The van der Waals surface area contributed by atoms with Crippen molar-refractivity contribution in [2.75, 3.05) is 4.90 Å². The van der Waals surface area contributed by atoms with E-state index in [1.54, 1.807) is 0 Å². The molecule has 53 heavy (non-hydrogen) atoms. The van der Waals surface area contributed by atoms with E-state index in [1.165, 1.54) is 44.0 Å². The lowest BCUT2D eigenvalue weighted by Crippen LogP contribution is -2.11. The van der Waals surface area contributed by atoms with Crippen molar-refractivity contribution in [3.05, 3.63) is 187 Å². The Morgan fingerprint density at radius 1 is 0.491 bits per heavy atom. The summed E-state index contributed by atoms with van der Waals surface area (Å²) in [6.45, 7) is 0. The molecule has 2 heterocycles. The highest BCUT2D eigenvalue weighted by molar-refractivity contribution is 6.19. The van der Waals surface area contributed by atoms with Gasteiger partial charge in [-0.1, -0.05) is 103 Å². The number of nitrogens with zero attached hydrogens (tertiary/aromatic N) is 1. The van der Waals surface area contributed by atoms with Gasteiger partial charge < -0.3 is 13.7 Å². The molecule has 7 aromatic carbocycles. The Balaban J connectivity index is 0.991. The Morgan fingerprint density at radius 3 is 2.02 bits per heavy atom. The Hall–Kier alpha value is -6.58. The molecule has 11 rings (SSSR count). The fourth-order valence-corrected chi connectivity index (χ4v) is 8.70. The molecule has 0 amide bonds. The van der Waals surface area contributed by atoms with E-state index in [0.29, 0.717) is 5.92 Å². The first kappa shape index (κ1) is 30.1. The minimum atomic E-state index is 0.396. The highest BCUT2D eigenvalue weighted by atomic mass is 16.3. The van der Waals surface area contributed by atoms with Crippen molar-refractivity contribution in [1.82, 2.24) is 0 Å². The summed E-state index contributed by atoms with van der Waals surface area (Å²) in [5.41, 5.74) is 13.7. The van der Waals surface area contributed by atoms with Gasteiger partial charge in [0.2, 0.25) is 0 Å². The largest absolute Gasteiger partial charge is 0.456 e. The van der Waals surface area contributed by atoms with E-state index < -0.39 is 0 Å². The smallest absolute Gasteiger partial charge is 0.136 e. The van der Waals surface area contributed by atoms with Crippen molar-refractivity contribution in [3.8, 4) is 11.1 Å². The van der Waals surface area contributed by atoms with Gasteiger partial charge in [0.05, 0.1) is 0 Å². The Kier molecular flexibility index (Phi) is 6.81. The lowest BCUT2D eigenvalue weighted by Gasteiger charge is -2.28. The third-order valence-electron chi connectivity index (χ3n) is 11.3. The van der Waals surface area contributed by atoms with Crippen molar-refractivity contribution in [2.45, 2.75) is 25.2 Å². The van der Waals surface area contributed by atoms with Gasteiger partial charge in [-0.2, -0.15) is 0 Å². The molecule has 0 N–H and O–H groups in total. The maximum atomic E-state index is 6.22. The summed E-state index contributed by atoms with van der Waals surface area (Å²) < 4.78 is 12.4. The van der Waals surface area contributed by atoms with Crippen LogP contribution in [0.5, 0.6) is 0 Å². The number of para-hydroxylation sites is 2. The van der Waals surface area contributed by atoms with E-state index in [1.807, 2.05) is 24.3 Å². The van der Waals surface area contributed by atoms with Gasteiger partial charge in [0.25, 0.3) is 0 Å². The zero-order valence-electron chi connectivity index (χ0n) is 29.1. The number of furan rings is 2. The van der Waals surface area contributed by atoms with Crippen LogP contribution in [0.25, 0.3) is 65.8 Å². The van der Waals surface area contributed by atoms with Crippen LogP contribution in [0.15, 0.2) is 190 Å². The Morgan fingerprint density at radius 2 is 1.17 bits per heavy atom. The zero-order valence-corrected chi connectivity index (χ0v) is 29.1. The van der Waals surface area contributed by atoms with Gasteiger partial charge in [0, 0.05) is 44.5 Å². The number of benzene rings is 7. The highest BCUT2D eigenvalue weighted by Crippen LogP contribution is 2.43. The number of allylic oxidation sites excluding steroid dienone is 6. The van der Waals surface area contributed by atoms with E-state index in [9.17, 15) is 0 Å². The first-order valence-corrected chi connectivity index (χ1v) is 18.6. The fourth-order valence-electron chi connectivity index (χ4n) is 8.70. The van der Waals surface area contributed by atoms with Gasteiger partial charge in [-0.05, 0) is 125 Å². The van der Waals surface area contributed by atoms with E-state index in [4.69, 9.17) is 8.83 Å². The predicted octanol–water partition coefficient (Wildman–Crippen LogP) is 14.5. The second-order valence-electron chi connectivity index (χ2n) is 14.3. The molecule has 0 radical (unpaired) electrons. The summed E-state index contributed by atoms with van der Waals surface area (Å²) in [5, 5.41) is 6.99. The van der Waals surface area contributed by atoms with Crippen molar-refractivity contribution >= 4 is 71.7 Å². The van der Waals surface area contributed by atoms with Crippen LogP contribution in [0.2, 0.25) is 0 Å². The fraction of sp³-hybridized carbons (Fsp3) is 0.0800. The molecule has 252 valence electrons. The van der Waals surface area contributed by atoms with Gasteiger partial charge in [0.1, 0.15) is 22.3 Å². The van der Waals surface area contributed by atoms with Gasteiger partial charge in [-0.15, -0.1) is 0 Å². The van der Waals surface area contributed by atoms with Crippen LogP contribution < -0.4 is 4.90 Å². The van der Waals surface area contributed by atoms with Gasteiger partial charge >= 0.3 is 0 Å². The molecule has 9 aromatic rings. The average molecular weight is 682 g/mol. The number of rotatable bonds is 5. The third kappa shape index (κ3) is 4.96. The molecule has 1 atom stereocenters. The van der Waals surface area contributed by atoms with Crippen LogP contribution in [0, 0.1) is 0 Å². The minimum absolute atomic E-state index is 0.396. The zero-order chi connectivity index (χ0) is 34.9. The van der Waals surface area contributed by atoms with Crippen molar-refractivity contribution < 1.29 is 8.83 Å². The second-order valence-corrected chi connectivity index (χ2v) is 14.3. The standard InChI is InChI=1S/C50H35NO2/c1-2-10-40-33(8-1)9-7-13-41(40)34-18-24-38(25-19-34)51(39-26-29-48-45(31-39)43-11-3-5-14-46(43)52-48)37-22-16-32(17-23-37)35-20-27-42-36(30-35)21-28-49-50(42)44-12-4-6-15-47(44)53-49/h2-7,9-12,14-31,41H,1,8,13H2. The molecule has 1 unspecified atom stereocenters. The van der Waals surface area contributed by atoms with E-state index >= 15 is 0 Å². The summed E-state index contributed by atoms with van der Waals surface area (Å²) in [5.74, 6) is 0.396. The minimum Gasteiger partial charge on any atom is -0.456 e. The normalized spacial score (nSPS) is 15.7. The van der Waals surface area contributed by atoms with Crippen molar-refractivity contribution in [3.63, 3.8) is 0 Å². The molecule has 2 aliphatic rings. The maximum absolute atomic E-state index is 6.22. The SMILES string of the molecule is C1=CC2=C(C=CCC2c2ccc(N(c3ccc(-c4ccc5c(ccc6oc7ccccc7c65)c4)cc3)c3ccc4oc5ccccc5c4c3)cc2)CC1. The highest BCUT2D eigenvalue weighted by Gasteiger charge is 2.22. The van der Waals surface area contributed by atoms with Gasteiger partial charge in [0.15, 0.2) is 0 Å². The molecule has 0 saturated carbocycles. The van der Waals surface area contributed by atoms with Crippen molar-refractivity contribution in [2.24, 2.45) is 0 Å². The lowest BCUT2D eigenvalue weighted by molar-refractivity contribution is 0.668. The first-order chi connectivity index (χ1) is 26.2. The molecule has 0 aliphatic heterocycles. The predicted molar refractivity (Wildman–Crippen MR) is 221 cm³/mol. The topological polar surface area (TPSA) is 29.5 Å². The molecule has 3 nitrogen and oxygen atoms in total. The number of hydrogen-bond donors (Lipinski definition) is 0. The third-order valence-corrected chi connectivity index (χ3v) is 11.3. The molecule has 2 aromatic heterocycles. The molecule has 2 aliphatic carbocycles. The summed E-state index contributed by atoms with van der Waals surface area (Å²) in [6.07, 6.45) is 12.7. The second kappa shape index (κ2) is 12.0. The summed E-state index contributed by atoms with van der Waals surface area (Å²) in [7, 11) is 0. The van der Waals surface area contributed by atoms with Gasteiger partial charge in [-0.25, -0.2) is 0 Å². The molecule has 3 heteroatoms. The average Bonchev–Trinajstić information content (AvgIpc) is 3.80. The lowest BCUT2D eigenvalue weighted by atomic mass is 9.79. The van der Waals surface area contributed by atoms with Crippen LogP contribution in [0.4, 0.5) is 17.1 Å². The summed E-state index contributed by atoms with van der Waals surface area (Å²) in [6, 6.07) is 52.4. The number of anilines is 3.